The van der Waals surface area contributed by atoms with Crippen molar-refractivity contribution in [2.45, 2.75) is 20.8 Å². The molecule has 0 radical (unpaired) electrons. The number of benzene rings is 1. The number of anilines is 1. The molecule has 2 N–H and O–H groups in total. The van der Waals surface area contributed by atoms with Gasteiger partial charge in [0.2, 0.25) is 0 Å². The predicted molar refractivity (Wildman–Crippen MR) is 68.7 cm³/mol. The summed E-state index contributed by atoms with van der Waals surface area (Å²) in [7, 11) is 1.66. The molecule has 17 heavy (non-hydrogen) atoms. The zero-order valence-corrected chi connectivity index (χ0v) is 10.6. The zero-order chi connectivity index (χ0) is 12.6. The monoisotopic (exact) mass is 231 g/mol. The van der Waals surface area contributed by atoms with Crippen molar-refractivity contribution in [2.24, 2.45) is 0 Å². The van der Waals surface area contributed by atoms with Crippen molar-refractivity contribution in [3.05, 3.63) is 35.2 Å². The summed E-state index contributed by atoms with van der Waals surface area (Å²) >= 11 is 0. The van der Waals surface area contributed by atoms with E-state index in [0.29, 0.717) is 0 Å². The highest BCUT2D eigenvalue weighted by atomic mass is 16.5. The number of methoxy groups -OCH3 is 1. The standard InChI is InChI=1S/C13H17N3O/c1-8-5-6-12(17-4)11(7-8)16-10(3)13(14)9(2)15-16/h5-7H,14H2,1-4H3. The summed E-state index contributed by atoms with van der Waals surface area (Å²) in [6.45, 7) is 5.90. The molecular weight excluding hydrogens is 214 g/mol. The summed E-state index contributed by atoms with van der Waals surface area (Å²) in [6, 6.07) is 5.99. The van der Waals surface area contributed by atoms with Crippen molar-refractivity contribution in [1.29, 1.82) is 0 Å². The van der Waals surface area contributed by atoms with Crippen LogP contribution in [0.1, 0.15) is 17.0 Å². The first-order chi connectivity index (χ1) is 8.04. The molecule has 90 valence electrons. The number of aryl methyl sites for hydroxylation is 2. The number of rotatable bonds is 2. The Morgan fingerprint density at radius 2 is 1.94 bits per heavy atom. The van der Waals surface area contributed by atoms with Gasteiger partial charge in [-0.05, 0) is 38.5 Å². The molecule has 0 spiro atoms. The van der Waals surface area contributed by atoms with E-state index in [4.69, 9.17) is 10.5 Å². The van der Waals surface area contributed by atoms with Crippen LogP contribution in [0.4, 0.5) is 5.69 Å². The lowest BCUT2D eigenvalue weighted by Gasteiger charge is -2.11. The van der Waals surface area contributed by atoms with E-state index in [-0.39, 0.29) is 0 Å². The Morgan fingerprint density at radius 3 is 2.47 bits per heavy atom. The Kier molecular flexibility index (Phi) is 2.79. The van der Waals surface area contributed by atoms with Crippen molar-refractivity contribution < 1.29 is 4.74 Å². The van der Waals surface area contributed by atoms with E-state index >= 15 is 0 Å². The van der Waals surface area contributed by atoms with E-state index < -0.39 is 0 Å². The largest absolute Gasteiger partial charge is 0.494 e. The molecule has 0 saturated heterocycles. The smallest absolute Gasteiger partial charge is 0.144 e. The minimum absolute atomic E-state index is 0.730. The van der Waals surface area contributed by atoms with Crippen LogP contribution in [0.25, 0.3) is 5.69 Å². The van der Waals surface area contributed by atoms with Gasteiger partial charge in [-0.3, -0.25) is 0 Å². The van der Waals surface area contributed by atoms with E-state index in [1.807, 2.05) is 43.7 Å². The molecule has 0 bridgehead atoms. The van der Waals surface area contributed by atoms with Crippen LogP contribution in [0.15, 0.2) is 18.2 Å². The van der Waals surface area contributed by atoms with Crippen molar-refractivity contribution in [3.63, 3.8) is 0 Å². The highest BCUT2D eigenvalue weighted by Crippen LogP contribution is 2.27. The first-order valence-electron chi connectivity index (χ1n) is 5.51. The third-order valence-electron chi connectivity index (χ3n) is 2.91. The topological polar surface area (TPSA) is 53.1 Å². The minimum atomic E-state index is 0.730. The molecule has 2 rings (SSSR count). The summed E-state index contributed by atoms with van der Waals surface area (Å²) in [5.74, 6) is 0.793. The normalized spacial score (nSPS) is 10.6. The van der Waals surface area contributed by atoms with Gasteiger partial charge in [0.15, 0.2) is 0 Å². The number of nitrogens with zero attached hydrogens (tertiary/aromatic N) is 2. The van der Waals surface area contributed by atoms with Gasteiger partial charge in [-0.15, -0.1) is 0 Å². The maximum Gasteiger partial charge on any atom is 0.144 e. The fourth-order valence-corrected chi connectivity index (χ4v) is 1.85. The highest BCUT2D eigenvalue weighted by molar-refractivity contribution is 5.55. The van der Waals surface area contributed by atoms with Crippen molar-refractivity contribution in [3.8, 4) is 11.4 Å². The molecule has 0 aliphatic rings. The highest BCUT2D eigenvalue weighted by Gasteiger charge is 2.13. The van der Waals surface area contributed by atoms with Gasteiger partial charge in [0, 0.05) is 0 Å². The summed E-state index contributed by atoms with van der Waals surface area (Å²) < 4.78 is 7.19. The number of nitrogen functional groups attached to an aromatic ring is 1. The fraction of sp³-hybridized carbons (Fsp3) is 0.308. The van der Waals surface area contributed by atoms with Gasteiger partial charge in [-0.1, -0.05) is 6.07 Å². The summed E-state index contributed by atoms with van der Waals surface area (Å²) in [5.41, 5.74) is 10.5. The maximum absolute atomic E-state index is 5.95. The molecule has 0 aliphatic heterocycles. The van der Waals surface area contributed by atoms with Gasteiger partial charge >= 0.3 is 0 Å². The predicted octanol–water partition coefficient (Wildman–Crippen LogP) is 2.39. The average molecular weight is 231 g/mol. The van der Waals surface area contributed by atoms with Gasteiger partial charge in [-0.25, -0.2) is 4.68 Å². The first kappa shape index (κ1) is 11.5. The Hall–Kier alpha value is -1.97. The molecule has 1 aromatic carbocycles. The lowest BCUT2D eigenvalue weighted by atomic mass is 10.2. The molecule has 2 aromatic rings. The SMILES string of the molecule is COc1ccc(C)cc1-n1nc(C)c(N)c1C. The first-order valence-corrected chi connectivity index (χ1v) is 5.51. The van der Waals surface area contributed by atoms with Gasteiger partial charge in [0.05, 0.1) is 24.2 Å². The number of hydrogen-bond donors (Lipinski definition) is 1. The molecule has 4 heteroatoms. The number of ether oxygens (including phenoxy) is 1. The molecule has 0 saturated carbocycles. The molecule has 0 atom stereocenters. The Morgan fingerprint density at radius 1 is 1.24 bits per heavy atom. The summed E-state index contributed by atoms with van der Waals surface area (Å²) in [5, 5.41) is 4.44. The quantitative estimate of drug-likeness (QED) is 0.863. The van der Waals surface area contributed by atoms with Crippen LogP contribution in [-0.2, 0) is 0 Å². The van der Waals surface area contributed by atoms with Crippen LogP contribution >= 0.6 is 0 Å². The third-order valence-corrected chi connectivity index (χ3v) is 2.91. The van der Waals surface area contributed by atoms with E-state index in [2.05, 4.69) is 5.10 Å². The molecule has 0 aliphatic carbocycles. The van der Waals surface area contributed by atoms with Crippen molar-refractivity contribution in [2.75, 3.05) is 12.8 Å². The minimum Gasteiger partial charge on any atom is -0.494 e. The fourth-order valence-electron chi connectivity index (χ4n) is 1.85. The molecule has 1 aromatic heterocycles. The van der Waals surface area contributed by atoms with Crippen molar-refractivity contribution in [1.82, 2.24) is 9.78 Å². The second-order valence-electron chi connectivity index (χ2n) is 4.17. The van der Waals surface area contributed by atoms with E-state index in [9.17, 15) is 0 Å². The second-order valence-corrected chi connectivity index (χ2v) is 4.17. The van der Waals surface area contributed by atoms with E-state index in [1.54, 1.807) is 7.11 Å². The summed E-state index contributed by atoms with van der Waals surface area (Å²) in [6.07, 6.45) is 0. The lowest BCUT2D eigenvalue weighted by molar-refractivity contribution is 0.411. The van der Waals surface area contributed by atoms with Crippen LogP contribution in [0.2, 0.25) is 0 Å². The van der Waals surface area contributed by atoms with Gasteiger partial charge in [-0.2, -0.15) is 5.10 Å². The Labute approximate surface area is 101 Å². The van der Waals surface area contributed by atoms with Crippen LogP contribution in [-0.4, -0.2) is 16.9 Å². The average Bonchev–Trinajstić information content (AvgIpc) is 2.57. The molecule has 1 heterocycles. The number of hydrogen-bond acceptors (Lipinski definition) is 3. The lowest BCUT2D eigenvalue weighted by Crippen LogP contribution is -2.02. The number of aromatic nitrogens is 2. The molecule has 4 nitrogen and oxygen atoms in total. The third kappa shape index (κ3) is 1.86. The van der Waals surface area contributed by atoms with Gasteiger partial charge in [0.25, 0.3) is 0 Å². The Balaban J connectivity index is 2.67. The molecular formula is C13H17N3O. The Bertz CT molecular complexity index is 558. The maximum atomic E-state index is 5.95. The van der Waals surface area contributed by atoms with Crippen LogP contribution in [0.5, 0.6) is 5.75 Å². The van der Waals surface area contributed by atoms with Gasteiger partial charge < -0.3 is 10.5 Å². The van der Waals surface area contributed by atoms with Crippen LogP contribution in [0, 0.1) is 20.8 Å². The van der Waals surface area contributed by atoms with E-state index in [0.717, 1.165) is 34.1 Å². The van der Waals surface area contributed by atoms with Gasteiger partial charge in [0.1, 0.15) is 11.4 Å². The molecule has 0 unspecified atom stereocenters. The summed E-state index contributed by atoms with van der Waals surface area (Å²) in [4.78, 5) is 0. The number of nitrogens with two attached hydrogens (primary N) is 1. The van der Waals surface area contributed by atoms with Crippen molar-refractivity contribution >= 4 is 5.69 Å². The second kappa shape index (κ2) is 4.13. The van der Waals surface area contributed by atoms with E-state index in [1.165, 1.54) is 0 Å². The molecule has 0 amide bonds. The molecule has 0 fully saturated rings. The van der Waals surface area contributed by atoms with Crippen LogP contribution < -0.4 is 10.5 Å². The zero-order valence-electron chi connectivity index (χ0n) is 10.6. The van der Waals surface area contributed by atoms with Crippen LogP contribution in [0.3, 0.4) is 0 Å².